The molecule has 4 heteroatoms. The molecule has 1 N–H and O–H groups in total. The molecule has 0 spiro atoms. The lowest BCUT2D eigenvalue weighted by atomic mass is 9.96. The average molecular weight is 297 g/mol. The van der Waals surface area contributed by atoms with Gasteiger partial charge in [0.05, 0.1) is 12.6 Å². The zero-order chi connectivity index (χ0) is 15.6. The van der Waals surface area contributed by atoms with Gasteiger partial charge in [-0.1, -0.05) is 18.2 Å². The molecule has 1 aromatic rings. The first-order valence-electron chi connectivity index (χ1n) is 8.20. The fourth-order valence-electron chi connectivity index (χ4n) is 3.71. The average Bonchev–Trinajstić information content (AvgIpc) is 2.99. The van der Waals surface area contributed by atoms with Crippen LogP contribution in [0.1, 0.15) is 44.6 Å². The van der Waals surface area contributed by atoms with E-state index >= 15 is 0 Å². The number of carbonyl (C=O) groups excluding carboxylic acids is 1. The summed E-state index contributed by atoms with van der Waals surface area (Å²) in [6, 6.07) is 11.0. The first-order valence-corrected chi connectivity index (χ1v) is 8.20. The van der Waals surface area contributed by atoms with Crippen LogP contribution >= 0.6 is 0 Å². The van der Waals surface area contributed by atoms with E-state index in [1.165, 1.54) is 5.56 Å². The number of carbonyl (C=O) groups is 1. The highest BCUT2D eigenvalue weighted by molar-refractivity contribution is 5.83. The molecule has 0 radical (unpaired) electrons. The molecule has 1 fully saturated rings. The maximum Gasteiger partial charge on any atom is 0.240 e. The molecule has 0 aromatic heterocycles. The second kappa shape index (κ2) is 6.00. The van der Waals surface area contributed by atoms with Gasteiger partial charge in [0.15, 0.2) is 0 Å². The normalized spacial score (nSPS) is 22.7. The van der Waals surface area contributed by atoms with E-state index in [2.05, 4.69) is 41.4 Å². The van der Waals surface area contributed by atoms with Gasteiger partial charge in [0.1, 0.15) is 5.54 Å². The Balaban J connectivity index is 1.72. The Labute approximate surface area is 132 Å². The number of hydrogen-bond donors (Lipinski definition) is 1. The van der Waals surface area contributed by atoms with Crippen molar-refractivity contribution in [3.8, 4) is 6.07 Å². The summed E-state index contributed by atoms with van der Waals surface area (Å²) in [6.07, 6.45) is 5.74. The van der Waals surface area contributed by atoms with Crippen LogP contribution in [0.5, 0.6) is 0 Å². The maximum absolute atomic E-state index is 12.5. The van der Waals surface area contributed by atoms with Gasteiger partial charge in [0.2, 0.25) is 5.91 Å². The number of nitrogens with one attached hydrogen (secondary N) is 1. The van der Waals surface area contributed by atoms with Crippen molar-refractivity contribution >= 4 is 11.6 Å². The highest BCUT2D eigenvalue weighted by atomic mass is 16.2. The zero-order valence-corrected chi connectivity index (χ0v) is 13.1. The van der Waals surface area contributed by atoms with Crippen LogP contribution in [-0.4, -0.2) is 24.0 Å². The lowest BCUT2D eigenvalue weighted by molar-refractivity contribution is -0.121. The second-order valence-corrected chi connectivity index (χ2v) is 6.59. The first-order chi connectivity index (χ1) is 10.6. The molecule has 1 aliphatic heterocycles. The van der Waals surface area contributed by atoms with Crippen molar-refractivity contribution in [2.45, 2.75) is 57.0 Å². The summed E-state index contributed by atoms with van der Waals surface area (Å²) in [4.78, 5) is 14.7. The van der Waals surface area contributed by atoms with E-state index in [1.807, 2.05) is 6.07 Å². The van der Waals surface area contributed by atoms with Crippen molar-refractivity contribution in [1.82, 2.24) is 5.32 Å². The van der Waals surface area contributed by atoms with Crippen molar-refractivity contribution < 1.29 is 4.79 Å². The first kappa shape index (κ1) is 14.9. The number of rotatable bonds is 3. The molecule has 1 saturated carbocycles. The summed E-state index contributed by atoms with van der Waals surface area (Å²) in [5.74, 6) is -0.0352. The predicted molar refractivity (Wildman–Crippen MR) is 86.5 cm³/mol. The third kappa shape index (κ3) is 2.81. The Bertz CT molecular complexity index is 599. The van der Waals surface area contributed by atoms with E-state index in [-0.39, 0.29) is 5.91 Å². The number of fused-ring (bicyclic) bond motifs is 1. The van der Waals surface area contributed by atoms with E-state index in [1.54, 1.807) is 0 Å². The summed E-state index contributed by atoms with van der Waals surface area (Å²) in [6.45, 7) is 2.50. The second-order valence-electron chi connectivity index (χ2n) is 6.59. The zero-order valence-electron chi connectivity index (χ0n) is 13.1. The molecule has 2 aliphatic rings. The molecule has 1 heterocycles. The van der Waals surface area contributed by atoms with E-state index in [9.17, 15) is 10.1 Å². The number of amides is 1. The van der Waals surface area contributed by atoms with Gasteiger partial charge < -0.3 is 10.2 Å². The summed E-state index contributed by atoms with van der Waals surface area (Å²) >= 11 is 0. The number of anilines is 1. The minimum atomic E-state index is -0.629. The molecule has 116 valence electrons. The van der Waals surface area contributed by atoms with Gasteiger partial charge in [0.25, 0.3) is 0 Å². The maximum atomic E-state index is 12.5. The third-order valence-corrected chi connectivity index (χ3v) is 5.03. The Hall–Kier alpha value is -2.02. The number of hydrogen-bond acceptors (Lipinski definition) is 3. The largest absolute Gasteiger partial charge is 0.359 e. The SMILES string of the molecule is C[C@@H]1CCc2ccccc2N1CC(=O)NC1(C#N)CCCC1. The van der Waals surface area contributed by atoms with Gasteiger partial charge in [-0.2, -0.15) is 5.26 Å². The number of aryl methyl sites for hydroxylation is 1. The smallest absolute Gasteiger partial charge is 0.240 e. The van der Waals surface area contributed by atoms with Crippen LogP contribution in [0.15, 0.2) is 24.3 Å². The number of benzene rings is 1. The molecule has 22 heavy (non-hydrogen) atoms. The highest BCUT2D eigenvalue weighted by Gasteiger charge is 2.36. The minimum Gasteiger partial charge on any atom is -0.359 e. The van der Waals surface area contributed by atoms with E-state index in [0.717, 1.165) is 44.2 Å². The van der Waals surface area contributed by atoms with Gasteiger partial charge in [-0.3, -0.25) is 4.79 Å². The Kier molecular flexibility index (Phi) is 4.06. The van der Waals surface area contributed by atoms with E-state index < -0.39 is 5.54 Å². The number of nitrogens with zero attached hydrogens (tertiary/aromatic N) is 2. The predicted octanol–water partition coefficient (Wildman–Crippen LogP) is 2.78. The standard InChI is InChI=1S/C18H23N3O/c1-14-8-9-15-6-2-3-7-16(15)21(14)12-17(22)20-18(13-19)10-4-5-11-18/h2-3,6-7,14H,4-5,8-12H2,1H3,(H,20,22)/t14-/m1/s1. The van der Waals surface area contributed by atoms with Crippen LogP contribution in [-0.2, 0) is 11.2 Å². The van der Waals surface area contributed by atoms with Crippen LogP contribution in [0, 0.1) is 11.3 Å². The number of para-hydroxylation sites is 1. The molecule has 1 atom stereocenters. The van der Waals surface area contributed by atoms with Crippen LogP contribution in [0.3, 0.4) is 0 Å². The summed E-state index contributed by atoms with van der Waals surface area (Å²) in [5, 5.41) is 12.4. The quantitative estimate of drug-likeness (QED) is 0.933. The topological polar surface area (TPSA) is 56.1 Å². The van der Waals surface area contributed by atoms with Crippen molar-refractivity contribution in [1.29, 1.82) is 5.26 Å². The van der Waals surface area contributed by atoms with Gasteiger partial charge in [0, 0.05) is 11.7 Å². The minimum absolute atomic E-state index is 0.0352. The van der Waals surface area contributed by atoms with E-state index in [4.69, 9.17) is 0 Å². The molecule has 1 amide bonds. The molecule has 1 aliphatic carbocycles. The molecule has 0 bridgehead atoms. The third-order valence-electron chi connectivity index (χ3n) is 5.03. The lowest BCUT2D eigenvalue weighted by Crippen LogP contribution is -2.51. The monoisotopic (exact) mass is 297 g/mol. The Morgan fingerprint density at radius 3 is 2.86 bits per heavy atom. The van der Waals surface area contributed by atoms with Crippen LogP contribution in [0.2, 0.25) is 0 Å². The van der Waals surface area contributed by atoms with Crippen LogP contribution in [0.4, 0.5) is 5.69 Å². The molecule has 0 unspecified atom stereocenters. The van der Waals surface area contributed by atoms with Crippen LogP contribution in [0.25, 0.3) is 0 Å². The molecule has 0 saturated heterocycles. The summed E-state index contributed by atoms with van der Waals surface area (Å²) < 4.78 is 0. The van der Waals surface area contributed by atoms with Gasteiger partial charge in [-0.05, 0) is 57.1 Å². The van der Waals surface area contributed by atoms with Gasteiger partial charge in [-0.15, -0.1) is 0 Å². The Morgan fingerprint density at radius 2 is 2.14 bits per heavy atom. The fraction of sp³-hybridized carbons (Fsp3) is 0.556. The molecular formula is C18H23N3O. The number of nitriles is 1. The van der Waals surface area contributed by atoms with Gasteiger partial charge in [-0.25, -0.2) is 0 Å². The van der Waals surface area contributed by atoms with Crippen molar-refractivity contribution in [2.75, 3.05) is 11.4 Å². The van der Waals surface area contributed by atoms with E-state index in [0.29, 0.717) is 12.6 Å². The van der Waals surface area contributed by atoms with Gasteiger partial charge >= 0.3 is 0 Å². The van der Waals surface area contributed by atoms with Crippen molar-refractivity contribution in [3.63, 3.8) is 0 Å². The molecule has 1 aromatic carbocycles. The highest BCUT2D eigenvalue weighted by Crippen LogP contribution is 2.31. The van der Waals surface area contributed by atoms with Crippen LogP contribution < -0.4 is 10.2 Å². The molecule has 4 nitrogen and oxygen atoms in total. The summed E-state index contributed by atoms with van der Waals surface area (Å²) in [5.41, 5.74) is 1.84. The van der Waals surface area contributed by atoms with Crippen molar-refractivity contribution in [2.24, 2.45) is 0 Å². The fourth-order valence-corrected chi connectivity index (χ4v) is 3.71. The molecule has 3 rings (SSSR count). The lowest BCUT2D eigenvalue weighted by Gasteiger charge is -2.37. The van der Waals surface area contributed by atoms with Crippen molar-refractivity contribution in [3.05, 3.63) is 29.8 Å². The summed E-state index contributed by atoms with van der Waals surface area (Å²) in [7, 11) is 0. The molecular weight excluding hydrogens is 274 g/mol. The Morgan fingerprint density at radius 1 is 1.41 bits per heavy atom.